The molecule has 1 atom stereocenters. The molecule has 0 spiro atoms. The SMILES string of the molecule is CCc1ccc(N(CCCC(=O)N(Cc2ccc(Br)cc2)[C@@H](Cc2ccccc2)C(=O)NC2CCCC2)S(C)(=O)=O)cc1. The molecule has 1 aliphatic carbocycles. The van der Waals surface area contributed by atoms with Crippen molar-refractivity contribution in [1.82, 2.24) is 10.2 Å². The largest absolute Gasteiger partial charge is 0.352 e. The first-order valence-corrected chi connectivity index (χ1v) is 17.7. The lowest BCUT2D eigenvalue weighted by Gasteiger charge is -2.33. The highest BCUT2D eigenvalue weighted by molar-refractivity contribution is 9.10. The van der Waals surface area contributed by atoms with Gasteiger partial charge < -0.3 is 10.2 Å². The van der Waals surface area contributed by atoms with Gasteiger partial charge >= 0.3 is 0 Å². The molecule has 3 aromatic rings. The second-order valence-electron chi connectivity index (χ2n) is 11.3. The van der Waals surface area contributed by atoms with Gasteiger partial charge in [-0.05, 0) is 66.6 Å². The predicted octanol–water partition coefficient (Wildman–Crippen LogP) is 6.26. The number of anilines is 1. The number of nitrogens with one attached hydrogen (secondary N) is 1. The minimum absolute atomic E-state index is 0.109. The van der Waals surface area contributed by atoms with E-state index in [1.807, 2.05) is 85.8 Å². The maximum absolute atomic E-state index is 14.0. The average Bonchev–Trinajstić information content (AvgIpc) is 3.51. The van der Waals surface area contributed by atoms with E-state index >= 15 is 0 Å². The fourth-order valence-corrected chi connectivity index (χ4v) is 6.84. The van der Waals surface area contributed by atoms with Crippen LogP contribution in [0.1, 0.15) is 62.1 Å². The number of benzene rings is 3. The van der Waals surface area contributed by atoms with E-state index in [4.69, 9.17) is 0 Å². The fraction of sp³-hybridized carbons (Fsp3) is 0.412. The molecule has 230 valence electrons. The Morgan fingerprint density at radius 3 is 2.14 bits per heavy atom. The number of amides is 2. The van der Waals surface area contributed by atoms with Gasteiger partial charge in [-0.2, -0.15) is 0 Å². The molecule has 0 aromatic heterocycles. The molecule has 0 aliphatic heterocycles. The Bertz CT molecular complexity index is 1440. The Labute approximate surface area is 264 Å². The maximum atomic E-state index is 14.0. The molecule has 1 aliphatic rings. The molecule has 0 saturated heterocycles. The maximum Gasteiger partial charge on any atom is 0.243 e. The summed E-state index contributed by atoms with van der Waals surface area (Å²) in [7, 11) is -3.55. The molecule has 0 unspecified atom stereocenters. The van der Waals surface area contributed by atoms with E-state index in [0.717, 1.165) is 53.3 Å². The number of halogens is 1. The molecule has 0 bridgehead atoms. The van der Waals surface area contributed by atoms with Gasteiger partial charge in [-0.3, -0.25) is 13.9 Å². The van der Waals surface area contributed by atoms with E-state index in [-0.39, 0.29) is 37.4 Å². The summed E-state index contributed by atoms with van der Waals surface area (Å²) in [5, 5.41) is 3.23. The van der Waals surface area contributed by atoms with E-state index in [9.17, 15) is 18.0 Å². The third-order valence-corrected chi connectivity index (χ3v) is 9.75. The zero-order valence-corrected chi connectivity index (χ0v) is 27.4. The highest BCUT2D eigenvalue weighted by Gasteiger charge is 2.32. The first-order valence-electron chi connectivity index (χ1n) is 15.1. The van der Waals surface area contributed by atoms with Crippen LogP contribution in [-0.2, 0) is 39.0 Å². The minimum atomic E-state index is -3.55. The first kappa shape index (κ1) is 32.7. The molecule has 1 N–H and O–H groups in total. The second kappa shape index (κ2) is 15.5. The molecule has 1 saturated carbocycles. The summed E-state index contributed by atoms with van der Waals surface area (Å²) < 4.78 is 27.7. The Morgan fingerprint density at radius 2 is 1.53 bits per heavy atom. The smallest absolute Gasteiger partial charge is 0.243 e. The zero-order chi connectivity index (χ0) is 30.8. The first-order chi connectivity index (χ1) is 20.6. The van der Waals surface area contributed by atoms with Gasteiger partial charge in [0.2, 0.25) is 21.8 Å². The zero-order valence-electron chi connectivity index (χ0n) is 25.0. The van der Waals surface area contributed by atoms with E-state index in [2.05, 4.69) is 21.2 Å². The Hall–Kier alpha value is -3.17. The van der Waals surface area contributed by atoms with Crippen molar-refractivity contribution in [3.05, 3.63) is 100 Å². The topological polar surface area (TPSA) is 86.8 Å². The highest BCUT2D eigenvalue weighted by Crippen LogP contribution is 2.23. The van der Waals surface area contributed by atoms with Crippen LogP contribution in [0, 0.1) is 0 Å². The lowest BCUT2D eigenvalue weighted by Crippen LogP contribution is -2.52. The van der Waals surface area contributed by atoms with Crippen molar-refractivity contribution in [2.45, 2.75) is 76.9 Å². The molecule has 43 heavy (non-hydrogen) atoms. The minimum Gasteiger partial charge on any atom is -0.352 e. The molecule has 0 radical (unpaired) electrons. The van der Waals surface area contributed by atoms with Crippen LogP contribution in [0.15, 0.2) is 83.3 Å². The average molecular weight is 669 g/mol. The predicted molar refractivity (Wildman–Crippen MR) is 176 cm³/mol. The summed E-state index contributed by atoms with van der Waals surface area (Å²) in [6.45, 7) is 2.49. The highest BCUT2D eigenvalue weighted by atomic mass is 79.9. The summed E-state index contributed by atoms with van der Waals surface area (Å²) >= 11 is 3.48. The molecular formula is C34H42BrN3O4S. The quantitative estimate of drug-likeness (QED) is 0.220. The van der Waals surface area contributed by atoms with E-state index < -0.39 is 16.1 Å². The van der Waals surface area contributed by atoms with Gasteiger partial charge in [0.05, 0.1) is 11.9 Å². The van der Waals surface area contributed by atoms with E-state index in [0.29, 0.717) is 18.5 Å². The Morgan fingerprint density at radius 1 is 0.907 bits per heavy atom. The van der Waals surface area contributed by atoms with Gasteiger partial charge in [0.25, 0.3) is 0 Å². The number of sulfonamides is 1. The van der Waals surface area contributed by atoms with Gasteiger partial charge in [0.1, 0.15) is 6.04 Å². The van der Waals surface area contributed by atoms with Crippen molar-refractivity contribution in [3.8, 4) is 0 Å². The van der Waals surface area contributed by atoms with Crippen LogP contribution in [0.5, 0.6) is 0 Å². The van der Waals surface area contributed by atoms with Crippen molar-refractivity contribution < 1.29 is 18.0 Å². The molecule has 3 aromatic carbocycles. The number of carbonyl (C=O) groups is 2. The van der Waals surface area contributed by atoms with Crippen LogP contribution in [0.3, 0.4) is 0 Å². The number of carbonyl (C=O) groups excluding carboxylic acids is 2. The normalized spacial score (nSPS) is 14.3. The van der Waals surface area contributed by atoms with Crippen molar-refractivity contribution >= 4 is 43.5 Å². The number of hydrogen-bond donors (Lipinski definition) is 1. The lowest BCUT2D eigenvalue weighted by atomic mass is 10.0. The van der Waals surface area contributed by atoms with Gasteiger partial charge in [0, 0.05) is 36.4 Å². The summed E-state index contributed by atoms with van der Waals surface area (Å²) in [6.07, 6.45) is 6.95. The number of aryl methyl sites for hydroxylation is 1. The van der Waals surface area contributed by atoms with E-state index in [1.165, 1.54) is 10.6 Å². The van der Waals surface area contributed by atoms with Crippen LogP contribution >= 0.6 is 15.9 Å². The van der Waals surface area contributed by atoms with Crippen molar-refractivity contribution in [2.75, 3.05) is 17.1 Å². The van der Waals surface area contributed by atoms with Crippen LogP contribution < -0.4 is 9.62 Å². The summed E-state index contributed by atoms with van der Waals surface area (Å²) in [4.78, 5) is 29.5. The molecule has 1 fully saturated rings. The molecular weight excluding hydrogens is 626 g/mol. The monoisotopic (exact) mass is 667 g/mol. The van der Waals surface area contributed by atoms with Crippen molar-refractivity contribution in [1.29, 1.82) is 0 Å². The molecule has 4 rings (SSSR count). The number of nitrogens with zero attached hydrogens (tertiary/aromatic N) is 2. The van der Waals surface area contributed by atoms with E-state index in [1.54, 1.807) is 4.90 Å². The Kier molecular flexibility index (Phi) is 11.8. The van der Waals surface area contributed by atoms with Crippen molar-refractivity contribution in [3.63, 3.8) is 0 Å². The third kappa shape index (κ3) is 9.66. The van der Waals surface area contributed by atoms with Gasteiger partial charge in [0.15, 0.2) is 0 Å². The molecule has 9 heteroatoms. The molecule has 7 nitrogen and oxygen atoms in total. The summed E-state index contributed by atoms with van der Waals surface area (Å²) in [5.41, 5.74) is 3.59. The third-order valence-electron chi connectivity index (χ3n) is 8.02. The van der Waals surface area contributed by atoms with Crippen LogP contribution in [0.4, 0.5) is 5.69 Å². The van der Waals surface area contributed by atoms with Gasteiger partial charge in [-0.25, -0.2) is 8.42 Å². The van der Waals surface area contributed by atoms with Gasteiger partial charge in [-0.15, -0.1) is 0 Å². The summed E-state index contributed by atoms with van der Waals surface area (Å²) in [6, 6.07) is 24.4. The van der Waals surface area contributed by atoms with Crippen molar-refractivity contribution in [2.24, 2.45) is 0 Å². The van der Waals surface area contributed by atoms with Crippen LogP contribution in [0.25, 0.3) is 0 Å². The standard InChI is InChI=1S/C34H42BrN3O4S/c1-3-26-17-21-31(22-18-26)38(43(2,41)42)23-9-14-33(39)37(25-28-15-19-29(35)20-16-28)32(24-27-10-5-4-6-11-27)34(40)36-30-12-7-8-13-30/h4-6,10-11,15-22,30,32H,3,7-9,12-14,23-25H2,1-2H3,(H,36,40)/t32-/m0/s1. The van der Waals surface area contributed by atoms with Crippen LogP contribution in [0.2, 0.25) is 0 Å². The Balaban J connectivity index is 1.57. The summed E-state index contributed by atoms with van der Waals surface area (Å²) in [5.74, 6) is -0.324. The number of rotatable bonds is 14. The second-order valence-corrected chi connectivity index (χ2v) is 14.1. The number of hydrogen-bond acceptors (Lipinski definition) is 4. The van der Waals surface area contributed by atoms with Gasteiger partial charge in [-0.1, -0.05) is 90.3 Å². The molecule has 2 amide bonds. The van der Waals surface area contributed by atoms with Crippen LogP contribution in [-0.4, -0.2) is 50.0 Å². The fourth-order valence-electron chi connectivity index (χ4n) is 5.61. The molecule has 0 heterocycles. The lowest BCUT2D eigenvalue weighted by molar-refractivity contribution is -0.141.